The molecule has 0 aromatic heterocycles. The smallest absolute Gasteiger partial charge is 0.310 e. The molecular formula is C25H34N4O3. The van der Waals surface area contributed by atoms with Crippen LogP contribution in [0.4, 0.5) is 0 Å². The Morgan fingerprint density at radius 1 is 1.25 bits per heavy atom. The lowest BCUT2D eigenvalue weighted by Gasteiger charge is -2.35. The van der Waals surface area contributed by atoms with Crippen LogP contribution < -0.4 is 11.1 Å². The summed E-state index contributed by atoms with van der Waals surface area (Å²) in [6.45, 7) is 3.29. The molecule has 0 radical (unpaired) electrons. The Labute approximate surface area is 190 Å². The zero-order valence-corrected chi connectivity index (χ0v) is 19.0. The SMILES string of the molecule is COC(=O)[C@H](CC1CCCN(C(=N)N)C1)[C@@H](C)NC(=O)C1=CC=C(c2ccccc2)CC1. The predicted octanol–water partition coefficient (Wildman–Crippen LogP) is 3.08. The summed E-state index contributed by atoms with van der Waals surface area (Å²) in [7, 11) is 1.38. The molecule has 1 unspecified atom stereocenters. The molecule has 4 N–H and O–H groups in total. The highest BCUT2D eigenvalue weighted by Crippen LogP contribution is 2.28. The standard InChI is InChI=1S/C25H34N4O3/c1-17(22(24(31)32-2)15-18-7-6-14-29(16-18)25(26)27)28-23(30)21-12-10-20(11-13-21)19-8-4-3-5-9-19/h3-5,8-10,12,17-18,22H,6-7,11,13-16H2,1-2H3,(H3,26,27)(H,28,30)/t17-,18?,22-/m1/s1. The molecule has 1 heterocycles. The van der Waals surface area contributed by atoms with E-state index < -0.39 is 5.92 Å². The zero-order chi connectivity index (χ0) is 23.1. The van der Waals surface area contributed by atoms with E-state index in [0.717, 1.165) is 31.4 Å². The summed E-state index contributed by atoms with van der Waals surface area (Å²) in [4.78, 5) is 27.3. The van der Waals surface area contributed by atoms with E-state index in [-0.39, 0.29) is 29.8 Å². The molecular weight excluding hydrogens is 404 g/mol. The molecule has 1 aliphatic heterocycles. The van der Waals surface area contributed by atoms with Gasteiger partial charge in [0, 0.05) is 24.7 Å². The van der Waals surface area contributed by atoms with Crippen LogP contribution in [0.2, 0.25) is 0 Å². The van der Waals surface area contributed by atoms with Crippen molar-refractivity contribution in [3.05, 3.63) is 53.6 Å². The number of piperidine rings is 1. The van der Waals surface area contributed by atoms with Crippen LogP contribution >= 0.6 is 0 Å². The highest BCUT2D eigenvalue weighted by Gasteiger charge is 2.32. The minimum absolute atomic E-state index is 0.0674. The molecule has 3 rings (SSSR count). The van der Waals surface area contributed by atoms with Crippen molar-refractivity contribution >= 4 is 23.4 Å². The van der Waals surface area contributed by atoms with E-state index in [1.807, 2.05) is 42.2 Å². The molecule has 1 saturated heterocycles. The number of amides is 1. The number of guanidine groups is 1. The van der Waals surface area contributed by atoms with Crippen LogP contribution in [0.3, 0.4) is 0 Å². The summed E-state index contributed by atoms with van der Waals surface area (Å²) in [5.74, 6) is -0.606. The normalized spacial score (nSPS) is 20.4. The maximum Gasteiger partial charge on any atom is 0.310 e. The van der Waals surface area contributed by atoms with Gasteiger partial charge in [-0.05, 0) is 56.1 Å². The number of methoxy groups -OCH3 is 1. The lowest BCUT2D eigenvalue weighted by molar-refractivity contribution is -0.147. The molecule has 0 saturated carbocycles. The average molecular weight is 439 g/mol. The molecule has 1 aromatic rings. The van der Waals surface area contributed by atoms with Gasteiger partial charge in [0.05, 0.1) is 13.0 Å². The number of benzene rings is 1. The molecule has 3 atom stereocenters. The third kappa shape index (κ3) is 5.99. The van der Waals surface area contributed by atoms with Gasteiger partial charge in [0.25, 0.3) is 0 Å². The van der Waals surface area contributed by atoms with E-state index in [2.05, 4.69) is 17.4 Å². The quantitative estimate of drug-likeness (QED) is 0.344. The zero-order valence-electron chi connectivity index (χ0n) is 19.0. The first-order valence-electron chi connectivity index (χ1n) is 11.3. The Morgan fingerprint density at radius 3 is 2.62 bits per heavy atom. The molecule has 172 valence electrons. The van der Waals surface area contributed by atoms with Gasteiger partial charge in [-0.1, -0.05) is 42.5 Å². The summed E-state index contributed by atoms with van der Waals surface area (Å²) >= 11 is 0. The summed E-state index contributed by atoms with van der Waals surface area (Å²) in [5.41, 5.74) is 8.77. The Hall–Kier alpha value is -3.09. The summed E-state index contributed by atoms with van der Waals surface area (Å²) in [6.07, 6.45) is 7.86. The van der Waals surface area contributed by atoms with Crippen LogP contribution in [0.15, 0.2) is 48.1 Å². The van der Waals surface area contributed by atoms with Crippen LogP contribution in [0.25, 0.3) is 5.57 Å². The first kappa shape index (κ1) is 23.6. The molecule has 1 aromatic carbocycles. The van der Waals surface area contributed by atoms with Crippen molar-refractivity contribution in [2.24, 2.45) is 17.6 Å². The van der Waals surface area contributed by atoms with Gasteiger partial charge in [0.15, 0.2) is 5.96 Å². The van der Waals surface area contributed by atoms with Crippen molar-refractivity contribution in [3.63, 3.8) is 0 Å². The van der Waals surface area contributed by atoms with Crippen LogP contribution in [0.5, 0.6) is 0 Å². The van der Waals surface area contributed by atoms with E-state index in [0.29, 0.717) is 19.4 Å². The number of nitrogens with two attached hydrogens (primary N) is 1. The van der Waals surface area contributed by atoms with Gasteiger partial charge in [-0.2, -0.15) is 0 Å². The third-order valence-corrected chi connectivity index (χ3v) is 6.50. The second-order valence-electron chi connectivity index (χ2n) is 8.72. The van der Waals surface area contributed by atoms with Crippen LogP contribution in [0.1, 0.15) is 44.6 Å². The average Bonchev–Trinajstić information content (AvgIpc) is 2.82. The van der Waals surface area contributed by atoms with E-state index in [9.17, 15) is 9.59 Å². The van der Waals surface area contributed by atoms with E-state index in [1.54, 1.807) is 0 Å². The van der Waals surface area contributed by atoms with Gasteiger partial charge >= 0.3 is 5.97 Å². The van der Waals surface area contributed by atoms with Crippen molar-refractivity contribution in [1.82, 2.24) is 10.2 Å². The number of carbonyl (C=O) groups excluding carboxylic acids is 2. The number of ether oxygens (including phenoxy) is 1. The predicted molar refractivity (Wildman–Crippen MR) is 126 cm³/mol. The Kier molecular flexibility index (Phi) is 8.09. The number of nitrogens with zero attached hydrogens (tertiary/aromatic N) is 1. The molecule has 32 heavy (non-hydrogen) atoms. The van der Waals surface area contributed by atoms with Gasteiger partial charge in [-0.3, -0.25) is 15.0 Å². The highest BCUT2D eigenvalue weighted by molar-refractivity contribution is 5.95. The van der Waals surface area contributed by atoms with Crippen LogP contribution in [-0.4, -0.2) is 49.0 Å². The molecule has 1 aliphatic carbocycles. The first-order chi connectivity index (χ1) is 15.4. The fourth-order valence-electron chi connectivity index (χ4n) is 4.61. The Bertz CT molecular complexity index is 894. The fraction of sp³-hybridized carbons (Fsp3) is 0.480. The number of rotatable bonds is 7. The number of carbonyl (C=O) groups is 2. The second-order valence-corrected chi connectivity index (χ2v) is 8.72. The minimum atomic E-state index is -0.444. The lowest BCUT2D eigenvalue weighted by atomic mass is 9.84. The molecule has 2 aliphatic rings. The lowest BCUT2D eigenvalue weighted by Crippen LogP contribution is -2.47. The maximum absolute atomic E-state index is 12.9. The van der Waals surface area contributed by atoms with Gasteiger partial charge in [-0.15, -0.1) is 0 Å². The van der Waals surface area contributed by atoms with Crippen molar-refractivity contribution in [1.29, 1.82) is 5.41 Å². The largest absolute Gasteiger partial charge is 0.469 e. The van der Waals surface area contributed by atoms with Gasteiger partial charge in [0.2, 0.25) is 5.91 Å². The van der Waals surface area contributed by atoms with Crippen molar-refractivity contribution in [3.8, 4) is 0 Å². The van der Waals surface area contributed by atoms with Gasteiger partial charge in [0.1, 0.15) is 0 Å². The molecule has 1 amide bonds. The molecule has 1 fully saturated rings. The number of hydrogen-bond donors (Lipinski definition) is 3. The van der Waals surface area contributed by atoms with Gasteiger partial charge in [-0.25, -0.2) is 0 Å². The number of esters is 1. The topological polar surface area (TPSA) is 109 Å². The molecule has 7 nitrogen and oxygen atoms in total. The summed E-state index contributed by atoms with van der Waals surface area (Å²) in [5, 5.41) is 10.7. The van der Waals surface area contributed by atoms with Crippen molar-refractivity contribution < 1.29 is 14.3 Å². The van der Waals surface area contributed by atoms with Gasteiger partial charge < -0.3 is 20.7 Å². The summed E-state index contributed by atoms with van der Waals surface area (Å²) in [6, 6.07) is 9.81. The number of nitrogens with one attached hydrogen (secondary N) is 2. The van der Waals surface area contributed by atoms with Crippen molar-refractivity contribution in [2.75, 3.05) is 20.2 Å². The van der Waals surface area contributed by atoms with E-state index in [4.69, 9.17) is 15.9 Å². The Balaban J connectivity index is 1.63. The number of hydrogen-bond acceptors (Lipinski definition) is 4. The highest BCUT2D eigenvalue weighted by atomic mass is 16.5. The number of allylic oxidation sites excluding steroid dienone is 3. The minimum Gasteiger partial charge on any atom is -0.469 e. The maximum atomic E-state index is 12.9. The van der Waals surface area contributed by atoms with Crippen LogP contribution in [-0.2, 0) is 14.3 Å². The Morgan fingerprint density at radius 2 is 2.00 bits per heavy atom. The van der Waals surface area contributed by atoms with Crippen molar-refractivity contribution in [2.45, 2.75) is 45.1 Å². The first-order valence-corrected chi connectivity index (χ1v) is 11.3. The third-order valence-electron chi connectivity index (χ3n) is 6.50. The van der Waals surface area contributed by atoms with Crippen LogP contribution in [0, 0.1) is 17.2 Å². The summed E-state index contributed by atoms with van der Waals surface area (Å²) < 4.78 is 5.04. The fourth-order valence-corrected chi connectivity index (χ4v) is 4.61. The molecule has 0 spiro atoms. The number of likely N-dealkylation sites (tertiary alicyclic amines) is 1. The van der Waals surface area contributed by atoms with E-state index in [1.165, 1.54) is 18.2 Å². The molecule has 7 heteroatoms. The van der Waals surface area contributed by atoms with E-state index >= 15 is 0 Å². The monoisotopic (exact) mass is 438 g/mol. The second kappa shape index (κ2) is 11.0. The molecule has 0 bridgehead atoms.